The van der Waals surface area contributed by atoms with E-state index < -0.39 is 46.6 Å². The summed E-state index contributed by atoms with van der Waals surface area (Å²) in [6, 6.07) is 4.93. The highest BCUT2D eigenvalue weighted by molar-refractivity contribution is 6.25. The molecule has 0 bridgehead atoms. The third-order valence-electron chi connectivity index (χ3n) is 4.64. The van der Waals surface area contributed by atoms with Crippen LogP contribution in [0.1, 0.15) is 35.6 Å². The lowest BCUT2D eigenvalue weighted by molar-refractivity contribution is -0.137. The molecule has 0 saturated heterocycles. The van der Waals surface area contributed by atoms with Gasteiger partial charge in [0.1, 0.15) is 5.82 Å². The molecule has 4 rings (SSSR count). The Balaban J connectivity index is 1.78. The van der Waals surface area contributed by atoms with E-state index in [1.54, 1.807) is 0 Å². The van der Waals surface area contributed by atoms with Gasteiger partial charge in [0.25, 0.3) is 0 Å². The molecule has 0 spiro atoms. The van der Waals surface area contributed by atoms with Crippen LogP contribution in [0.4, 0.5) is 26.3 Å². The Bertz CT molecular complexity index is 1030. The lowest BCUT2D eigenvalue weighted by atomic mass is 9.95. The molecule has 29 heavy (non-hydrogen) atoms. The lowest BCUT2D eigenvalue weighted by Gasteiger charge is -2.14. The summed E-state index contributed by atoms with van der Waals surface area (Å²) in [6.07, 6.45) is -4.85. The van der Waals surface area contributed by atoms with Crippen molar-refractivity contribution in [3.63, 3.8) is 0 Å². The Morgan fingerprint density at radius 2 is 1.76 bits per heavy atom. The zero-order valence-corrected chi connectivity index (χ0v) is 14.6. The van der Waals surface area contributed by atoms with E-state index in [0.717, 1.165) is 31.0 Å². The second-order valence-electron chi connectivity index (χ2n) is 6.85. The van der Waals surface area contributed by atoms with Gasteiger partial charge in [-0.3, -0.25) is 4.79 Å². The van der Waals surface area contributed by atoms with Gasteiger partial charge in [-0.1, -0.05) is 12.1 Å². The maximum Gasteiger partial charge on any atom is 0.416 e. The fraction of sp³-hybridized carbons (Fsp3) is 0.250. The minimum atomic E-state index is -4.64. The van der Waals surface area contributed by atoms with E-state index in [-0.39, 0.29) is 23.1 Å². The van der Waals surface area contributed by atoms with Gasteiger partial charge >= 0.3 is 6.18 Å². The highest BCUT2D eigenvalue weighted by atomic mass is 19.4. The molecule has 1 fully saturated rings. The molecule has 0 amide bonds. The van der Waals surface area contributed by atoms with E-state index >= 15 is 0 Å². The summed E-state index contributed by atoms with van der Waals surface area (Å²) in [7, 11) is 0. The molecule has 1 aliphatic carbocycles. The molecule has 1 unspecified atom stereocenters. The average Bonchev–Trinajstić information content (AvgIpc) is 3.40. The quantitative estimate of drug-likeness (QED) is 0.574. The first kappa shape index (κ1) is 19.4. The van der Waals surface area contributed by atoms with Gasteiger partial charge in [-0.25, -0.2) is 13.2 Å². The molecular weight excluding hydrogens is 400 g/mol. The van der Waals surface area contributed by atoms with Crippen LogP contribution in [-0.2, 0) is 15.7 Å². The zero-order chi connectivity index (χ0) is 20.9. The third-order valence-corrected chi connectivity index (χ3v) is 4.64. The second-order valence-corrected chi connectivity index (χ2v) is 6.85. The lowest BCUT2D eigenvalue weighted by Crippen LogP contribution is -2.17. The van der Waals surface area contributed by atoms with Crippen LogP contribution in [0.25, 0.3) is 5.57 Å². The molecule has 1 atom stereocenters. The fourth-order valence-corrected chi connectivity index (χ4v) is 3.09. The van der Waals surface area contributed by atoms with E-state index in [1.165, 1.54) is 6.07 Å². The molecule has 152 valence electrons. The van der Waals surface area contributed by atoms with Crippen LogP contribution in [0.3, 0.4) is 0 Å². The van der Waals surface area contributed by atoms with Crippen LogP contribution >= 0.6 is 0 Å². The predicted molar refractivity (Wildman–Crippen MR) is 89.7 cm³/mol. The summed E-state index contributed by atoms with van der Waals surface area (Å²) in [5.41, 5.74) is -1.96. The molecule has 1 aliphatic heterocycles. The second kappa shape index (κ2) is 6.82. The molecule has 0 aromatic heterocycles. The van der Waals surface area contributed by atoms with Gasteiger partial charge in [-0.15, -0.1) is 0 Å². The van der Waals surface area contributed by atoms with Gasteiger partial charge in [0.2, 0.25) is 5.78 Å². The highest BCUT2D eigenvalue weighted by Crippen LogP contribution is 2.41. The van der Waals surface area contributed by atoms with Crippen LogP contribution < -0.4 is 5.32 Å². The average molecular weight is 413 g/mol. The summed E-state index contributed by atoms with van der Waals surface area (Å²) in [4.78, 5) is 12.9. The molecule has 1 heterocycles. The molecule has 9 heteroatoms. The van der Waals surface area contributed by atoms with Crippen molar-refractivity contribution in [3.8, 4) is 0 Å². The molecule has 2 aromatic carbocycles. The monoisotopic (exact) mass is 413 g/mol. The van der Waals surface area contributed by atoms with Crippen molar-refractivity contribution >= 4 is 11.4 Å². The number of alkyl halides is 3. The molecule has 2 aliphatic rings. The van der Waals surface area contributed by atoms with Gasteiger partial charge in [0.15, 0.2) is 23.6 Å². The number of Topliss-reactive ketones (excluding diaryl/α,β-unsaturated/α-hetero) is 1. The van der Waals surface area contributed by atoms with Crippen LogP contribution in [0.5, 0.6) is 0 Å². The molecule has 3 nitrogen and oxygen atoms in total. The summed E-state index contributed by atoms with van der Waals surface area (Å²) in [5, 5.41) is 2.88. The molecule has 1 N–H and O–H groups in total. The van der Waals surface area contributed by atoms with Crippen molar-refractivity contribution in [2.24, 2.45) is 0 Å². The van der Waals surface area contributed by atoms with Gasteiger partial charge < -0.3 is 10.1 Å². The highest BCUT2D eigenvalue weighted by Gasteiger charge is 2.42. The molecule has 2 aromatic rings. The van der Waals surface area contributed by atoms with Crippen molar-refractivity contribution in [2.75, 3.05) is 0 Å². The molecule has 0 radical (unpaired) electrons. The van der Waals surface area contributed by atoms with Crippen LogP contribution in [-0.4, -0.2) is 11.8 Å². The van der Waals surface area contributed by atoms with E-state index in [4.69, 9.17) is 4.74 Å². The number of hydrogen-bond acceptors (Lipinski definition) is 3. The number of carbonyl (C=O) groups excluding carboxylic acids is 1. The van der Waals surface area contributed by atoms with Crippen LogP contribution in [0.2, 0.25) is 0 Å². The van der Waals surface area contributed by atoms with Gasteiger partial charge in [0.05, 0.1) is 11.1 Å². The SMILES string of the molecule is O=C1C(c2cccc(C(F)(F)F)c2)=C(NC2CC2)OC1c1cc(F)cc(F)c1F. The number of ketones is 1. The zero-order valence-electron chi connectivity index (χ0n) is 14.6. The van der Waals surface area contributed by atoms with Crippen molar-refractivity contribution in [3.05, 3.63) is 76.4 Å². The number of nitrogens with one attached hydrogen (secondary N) is 1. The first-order valence-electron chi connectivity index (χ1n) is 8.69. The van der Waals surface area contributed by atoms with Crippen molar-refractivity contribution < 1.29 is 35.9 Å². The largest absolute Gasteiger partial charge is 0.462 e. The number of halogens is 6. The van der Waals surface area contributed by atoms with Gasteiger partial charge in [-0.2, -0.15) is 13.2 Å². The fourth-order valence-electron chi connectivity index (χ4n) is 3.09. The maximum absolute atomic E-state index is 14.2. The Morgan fingerprint density at radius 3 is 2.41 bits per heavy atom. The van der Waals surface area contributed by atoms with Crippen molar-refractivity contribution in [2.45, 2.75) is 31.2 Å². The Labute approximate surface area is 161 Å². The Kier molecular flexibility index (Phi) is 4.55. The first-order valence-corrected chi connectivity index (χ1v) is 8.69. The van der Waals surface area contributed by atoms with Crippen LogP contribution in [0, 0.1) is 17.5 Å². The topological polar surface area (TPSA) is 38.3 Å². The minimum absolute atomic E-state index is 0.0496. The standard InChI is InChI=1S/C20H13F6NO2/c21-11-7-13(16(23)14(22)8-11)18-17(28)15(19(29-18)27-12-4-5-12)9-2-1-3-10(6-9)20(24,25)26/h1-3,6-8,12,18,27H,4-5H2. The van der Waals surface area contributed by atoms with Crippen molar-refractivity contribution in [1.82, 2.24) is 5.32 Å². The predicted octanol–water partition coefficient (Wildman–Crippen LogP) is 4.88. The third kappa shape index (κ3) is 3.68. The number of benzene rings is 2. The number of hydrogen-bond donors (Lipinski definition) is 1. The number of carbonyl (C=O) groups is 1. The summed E-state index contributed by atoms with van der Waals surface area (Å²) >= 11 is 0. The summed E-state index contributed by atoms with van der Waals surface area (Å²) in [6.45, 7) is 0. The Morgan fingerprint density at radius 1 is 1.03 bits per heavy atom. The first-order chi connectivity index (χ1) is 13.6. The summed E-state index contributed by atoms with van der Waals surface area (Å²) in [5.74, 6) is -5.09. The summed E-state index contributed by atoms with van der Waals surface area (Å²) < 4.78 is 86.1. The van der Waals surface area contributed by atoms with E-state index in [9.17, 15) is 31.1 Å². The maximum atomic E-state index is 14.2. The Hall–Kier alpha value is -2.97. The van der Waals surface area contributed by atoms with Gasteiger partial charge in [0, 0.05) is 17.7 Å². The normalized spacial score (nSPS) is 19.5. The number of ether oxygens (including phenoxy) is 1. The number of rotatable bonds is 4. The van der Waals surface area contributed by atoms with Crippen molar-refractivity contribution in [1.29, 1.82) is 0 Å². The van der Waals surface area contributed by atoms with Gasteiger partial charge in [-0.05, 0) is 36.6 Å². The van der Waals surface area contributed by atoms with E-state index in [0.29, 0.717) is 12.1 Å². The van der Waals surface area contributed by atoms with E-state index in [2.05, 4.69) is 5.32 Å². The smallest absolute Gasteiger partial charge is 0.416 e. The van der Waals surface area contributed by atoms with Crippen LogP contribution in [0.15, 0.2) is 42.3 Å². The molecule has 1 saturated carbocycles. The minimum Gasteiger partial charge on any atom is -0.462 e. The van der Waals surface area contributed by atoms with E-state index in [1.807, 2.05) is 0 Å². The molecular formula is C20H13F6NO2.